The molecule has 1 fully saturated rings. The number of nitrogens with zero attached hydrogens (tertiary/aromatic N) is 2. The lowest BCUT2D eigenvalue weighted by molar-refractivity contribution is -0.385. The van der Waals surface area contributed by atoms with Gasteiger partial charge in [-0.1, -0.05) is 15.9 Å². The van der Waals surface area contributed by atoms with Crippen LogP contribution in [0, 0.1) is 10.1 Å². The van der Waals surface area contributed by atoms with Crippen molar-refractivity contribution in [2.75, 3.05) is 26.3 Å². The molecular weight excluding hydrogens is 428 g/mol. The van der Waals surface area contributed by atoms with E-state index in [1.54, 1.807) is 24.3 Å². The molecule has 10 heteroatoms. The van der Waals surface area contributed by atoms with Gasteiger partial charge in [0, 0.05) is 23.6 Å². The Hall–Kier alpha value is -2.01. The van der Waals surface area contributed by atoms with Gasteiger partial charge in [0.25, 0.3) is 0 Å². The normalized spacial score (nSPS) is 15.6. The van der Waals surface area contributed by atoms with Gasteiger partial charge in [0.1, 0.15) is 5.75 Å². The zero-order valence-electron chi connectivity index (χ0n) is 13.5. The zero-order chi connectivity index (χ0) is 18.7. The molecule has 0 aromatic heterocycles. The van der Waals surface area contributed by atoms with Crippen LogP contribution in [0.15, 0.2) is 51.8 Å². The number of benzene rings is 2. The highest BCUT2D eigenvalue weighted by atomic mass is 79.9. The first-order valence-corrected chi connectivity index (χ1v) is 9.91. The molecule has 1 aliphatic heterocycles. The summed E-state index contributed by atoms with van der Waals surface area (Å²) in [6.45, 7) is 1.03. The molecule has 2 aromatic rings. The molecule has 0 atom stereocenters. The highest BCUT2D eigenvalue weighted by molar-refractivity contribution is 9.10. The number of sulfonamides is 1. The number of rotatable bonds is 5. The Balaban J connectivity index is 1.93. The molecule has 0 saturated carbocycles. The fraction of sp³-hybridized carbons (Fsp3) is 0.250. The summed E-state index contributed by atoms with van der Waals surface area (Å²) < 4.78 is 38.1. The number of ether oxygens (including phenoxy) is 2. The number of hydrogen-bond donors (Lipinski definition) is 0. The molecule has 2 aromatic carbocycles. The van der Waals surface area contributed by atoms with Crippen molar-refractivity contribution in [1.82, 2.24) is 4.31 Å². The monoisotopic (exact) mass is 442 g/mol. The summed E-state index contributed by atoms with van der Waals surface area (Å²) in [6, 6.07) is 10.4. The number of nitro benzene ring substituents is 1. The average molecular weight is 443 g/mol. The molecule has 1 heterocycles. The molecule has 8 nitrogen and oxygen atoms in total. The first-order valence-electron chi connectivity index (χ1n) is 7.68. The van der Waals surface area contributed by atoms with Crippen molar-refractivity contribution in [2.45, 2.75) is 4.90 Å². The Morgan fingerprint density at radius 1 is 1.12 bits per heavy atom. The van der Waals surface area contributed by atoms with Gasteiger partial charge in [-0.2, -0.15) is 4.31 Å². The third kappa shape index (κ3) is 4.04. The topological polar surface area (TPSA) is 99.0 Å². The molecule has 3 rings (SSSR count). The fourth-order valence-corrected chi connectivity index (χ4v) is 4.15. The highest BCUT2D eigenvalue weighted by Gasteiger charge is 2.29. The van der Waals surface area contributed by atoms with E-state index < -0.39 is 20.6 Å². The average Bonchev–Trinajstić information content (AvgIpc) is 2.64. The van der Waals surface area contributed by atoms with E-state index in [0.29, 0.717) is 19.0 Å². The number of halogens is 1. The van der Waals surface area contributed by atoms with Gasteiger partial charge in [-0.3, -0.25) is 10.1 Å². The zero-order valence-corrected chi connectivity index (χ0v) is 15.9. The summed E-state index contributed by atoms with van der Waals surface area (Å²) in [7, 11) is -3.83. The quantitative estimate of drug-likeness (QED) is 0.520. The van der Waals surface area contributed by atoms with Crippen LogP contribution < -0.4 is 4.74 Å². The minimum absolute atomic E-state index is 0.0294. The van der Waals surface area contributed by atoms with Gasteiger partial charge in [0.15, 0.2) is 0 Å². The molecule has 1 saturated heterocycles. The van der Waals surface area contributed by atoms with Crippen LogP contribution in [0.2, 0.25) is 0 Å². The molecule has 138 valence electrons. The predicted octanol–water partition coefficient (Wildman–Crippen LogP) is 3.17. The number of nitro groups is 1. The van der Waals surface area contributed by atoms with Gasteiger partial charge in [0.05, 0.1) is 23.0 Å². The summed E-state index contributed by atoms with van der Waals surface area (Å²) in [4.78, 5) is 10.6. The van der Waals surface area contributed by atoms with E-state index >= 15 is 0 Å². The van der Waals surface area contributed by atoms with Gasteiger partial charge in [-0.25, -0.2) is 8.42 Å². The van der Waals surface area contributed by atoms with Crippen LogP contribution in [0.5, 0.6) is 11.5 Å². The fourth-order valence-electron chi connectivity index (χ4n) is 2.45. The van der Waals surface area contributed by atoms with Crippen LogP contribution in [-0.2, 0) is 14.8 Å². The third-order valence-corrected chi connectivity index (χ3v) is 6.20. The molecule has 0 spiro atoms. The second-order valence-electron chi connectivity index (χ2n) is 5.46. The standard InChI is InChI=1S/C16H15BrN2O6S/c17-12-1-3-13(4-2-12)25-16-6-5-14(11-15(16)19(20)21)26(22,23)18-7-9-24-10-8-18/h1-6,11H,7-10H2. The predicted molar refractivity (Wildman–Crippen MR) is 96.9 cm³/mol. The first-order chi connectivity index (χ1) is 12.4. The smallest absolute Gasteiger partial charge is 0.312 e. The van der Waals surface area contributed by atoms with Crippen LogP contribution in [0.1, 0.15) is 0 Å². The Bertz CT molecular complexity index is 911. The van der Waals surface area contributed by atoms with E-state index in [2.05, 4.69) is 15.9 Å². The SMILES string of the molecule is O=[N+]([O-])c1cc(S(=O)(=O)N2CCOCC2)ccc1Oc1ccc(Br)cc1. The number of hydrogen-bond acceptors (Lipinski definition) is 6. The summed E-state index contributed by atoms with van der Waals surface area (Å²) in [5.74, 6) is 0.373. The van der Waals surface area contributed by atoms with Crippen molar-refractivity contribution in [3.63, 3.8) is 0 Å². The van der Waals surface area contributed by atoms with Gasteiger partial charge in [0.2, 0.25) is 15.8 Å². The molecule has 0 N–H and O–H groups in total. The van der Waals surface area contributed by atoms with Crippen LogP contribution in [0.4, 0.5) is 5.69 Å². The Kier molecular flexibility index (Phi) is 5.56. The van der Waals surface area contributed by atoms with E-state index in [9.17, 15) is 18.5 Å². The van der Waals surface area contributed by atoms with Gasteiger partial charge in [-0.05, 0) is 36.4 Å². The summed E-state index contributed by atoms with van der Waals surface area (Å²) in [5, 5.41) is 11.4. The third-order valence-electron chi connectivity index (χ3n) is 3.78. The maximum Gasteiger partial charge on any atom is 0.312 e. The van der Waals surface area contributed by atoms with Gasteiger partial charge >= 0.3 is 5.69 Å². The molecule has 0 bridgehead atoms. The van der Waals surface area contributed by atoms with E-state index in [0.717, 1.165) is 10.5 Å². The van der Waals surface area contributed by atoms with Crippen molar-refractivity contribution in [1.29, 1.82) is 0 Å². The second kappa shape index (κ2) is 7.70. The Labute approximate surface area is 158 Å². The minimum atomic E-state index is -3.83. The van der Waals surface area contributed by atoms with Crippen molar-refractivity contribution in [2.24, 2.45) is 0 Å². The lowest BCUT2D eigenvalue weighted by atomic mass is 10.3. The molecule has 1 aliphatic rings. The van der Waals surface area contributed by atoms with Gasteiger partial charge < -0.3 is 9.47 Å². The van der Waals surface area contributed by atoms with E-state index in [-0.39, 0.29) is 23.7 Å². The van der Waals surface area contributed by atoms with Crippen molar-refractivity contribution < 1.29 is 22.8 Å². The lowest BCUT2D eigenvalue weighted by Crippen LogP contribution is -2.40. The van der Waals surface area contributed by atoms with Crippen LogP contribution >= 0.6 is 15.9 Å². The summed E-state index contributed by atoms with van der Waals surface area (Å²) in [6.07, 6.45) is 0. The van der Waals surface area contributed by atoms with Crippen LogP contribution in [-0.4, -0.2) is 43.9 Å². The lowest BCUT2D eigenvalue weighted by Gasteiger charge is -2.26. The largest absolute Gasteiger partial charge is 0.450 e. The second-order valence-corrected chi connectivity index (χ2v) is 8.31. The highest BCUT2D eigenvalue weighted by Crippen LogP contribution is 2.34. The molecule has 0 radical (unpaired) electrons. The Morgan fingerprint density at radius 2 is 1.77 bits per heavy atom. The van der Waals surface area contributed by atoms with Crippen LogP contribution in [0.3, 0.4) is 0 Å². The van der Waals surface area contributed by atoms with Crippen molar-refractivity contribution >= 4 is 31.6 Å². The van der Waals surface area contributed by atoms with Gasteiger partial charge in [-0.15, -0.1) is 0 Å². The number of morpholine rings is 1. The van der Waals surface area contributed by atoms with Crippen molar-refractivity contribution in [3.05, 3.63) is 57.1 Å². The maximum absolute atomic E-state index is 12.7. The van der Waals surface area contributed by atoms with Crippen LogP contribution in [0.25, 0.3) is 0 Å². The Morgan fingerprint density at radius 3 is 2.38 bits per heavy atom. The molecular formula is C16H15BrN2O6S. The summed E-state index contributed by atoms with van der Waals surface area (Å²) >= 11 is 3.29. The summed E-state index contributed by atoms with van der Waals surface area (Å²) in [5.41, 5.74) is -0.415. The van der Waals surface area contributed by atoms with E-state index in [4.69, 9.17) is 9.47 Å². The molecule has 0 aliphatic carbocycles. The minimum Gasteiger partial charge on any atom is -0.450 e. The maximum atomic E-state index is 12.7. The molecule has 0 amide bonds. The van der Waals surface area contributed by atoms with E-state index in [1.165, 1.54) is 16.4 Å². The van der Waals surface area contributed by atoms with Crippen molar-refractivity contribution in [3.8, 4) is 11.5 Å². The first kappa shape index (κ1) is 18.8. The molecule has 26 heavy (non-hydrogen) atoms. The van der Waals surface area contributed by atoms with E-state index in [1.807, 2.05) is 0 Å². The molecule has 0 unspecified atom stereocenters.